The van der Waals surface area contributed by atoms with Gasteiger partial charge in [-0.05, 0) is 71.8 Å². The first-order valence-electron chi connectivity index (χ1n) is 15.7. The summed E-state index contributed by atoms with van der Waals surface area (Å²) in [7, 11) is 1.93. The van der Waals surface area contributed by atoms with Crippen LogP contribution in [0.15, 0.2) is 90.1 Å². The first kappa shape index (κ1) is 34.6. The number of alkyl halides is 3. The van der Waals surface area contributed by atoms with Gasteiger partial charge in [-0.1, -0.05) is 26.0 Å². The average Bonchev–Trinajstić information content (AvgIpc) is 3.35. The molecule has 0 radical (unpaired) electrons. The fourth-order valence-electron chi connectivity index (χ4n) is 7.05. The zero-order chi connectivity index (χ0) is 36.3. The Hall–Kier alpha value is -5.24. The number of imide groups is 1. The Morgan fingerprint density at radius 2 is 1.20 bits per heavy atom. The number of fused-ring (bicyclic) bond motifs is 2. The molecule has 0 spiro atoms. The van der Waals surface area contributed by atoms with Crippen LogP contribution in [-0.4, -0.2) is 69.6 Å². The van der Waals surface area contributed by atoms with Gasteiger partial charge in [0.05, 0.1) is 21.6 Å². The van der Waals surface area contributed by atoms with Crippen molar-refractivity contribution in [3.8, 4) is 0 Å². The molecular weight excluding hydrogens is 669 g/mol. The van der Waals surface area contributed by atoms with E-state index < -0.39 is 49.6 Å². The number of hydrogen-bond donors (Lipinski definition) is 1. The fraction of sp³-hybridized carbons (Fsp3) is 0.278. The average molecular weight is 705 g/mol. The van der Waals surface area contributed by atoms with Crippen LogP contribution in [0.5, 0.6) is 0 Å². The third kappa shape index (κ3) is 5.29. The molecule has 0 aliphatic carbocycles. The highest BCUT2D eigenvalue weighted by Gasteiger charge is 2.59. The molecule has 3 aromatic carbocycles. The largest absolute Gasteiger partial charge is 0.501 e. The highest BCUT2D eigenvalue weighted by molar-refractivity contribution is 7.92. The number of carbonyl (C=O) groups is 2. The van der Waals surface area contributed by atoms with E-state index in [4.69, 9.17) is 0 Å². The van der Waals surface area contributed by atoms with Gasteiger partial charge in [0.1, 0.15) is 5.54 Å². The van der Waals surface area contributed by atoms with Crippen LogP contribution in [0.25, 0.3) is 21.8 Å². The Labute approximate surface area is 287 Å². The van der Waals surface area contributed by atoms with Gasteiger partial charge in [-0.25, -0.2) is 18.1 Å². The van der Waals surface area contributed by atoms with E-state index in [1.54, 1.807) is 12.4 Å². The summed E-state index contributed by atoms with van der Waals surface area (Å²) in [6.45, 7) is 3.71. The summed E-state index contributed by atoms with van der Waals surface area (Å²) in [5, 5.41) is 4.60. The number of amides is 3. The van der Waals surface area contributed by atoms with E-state index in [1.807, 2.05) is 100 Å². The zero-order valence-corrected chi connectivity index (χ0v) is 29.0. The normalized spacial score (nSPS) is 18.0. The SMILES string of the molecule is CC(c1ccnc2cccc(N(C)C)c12)C1(C(C)c2ccnc3cccc(N(C)C)c23)NC(=O)N(c2ccc(S(=O)(=O)C(F)(F)F)cc2)C1=O. The fourth-order valence-corrected chi connectivity index (χ4v) is 7.81. The van der Waals surface area contributed by atoms with E-state index in [1.165, 1.54) is 0 Å². The molecule has 1 aliphatic heterocycles. The number of hydrogen-bond acceptors (Lipinski definition) is 8. The van der Waals surface area contributed by atoms with Gasteiger partial charge in [-0.15, -0.1) is 0 Å². The van der Waals surface area contributed by atoms with Gasteiger partial charge in [0.25, 0.3) is 15.7 Å². The molecule has 0 bridgehead atoms. The first-order valence-corrected chi connectivity index (χ1v) is 17.2. The van der Waals surface area contributed by atoms with Crippen molar-refractivity contribution in [3.63, 3.8) is 0 Å². The first-order chi connectivity index (χ1) is 23.5. The standard InChI is InChI=1S/C36H35F3N6O4S/c1-21(25-17-19-40-27-9-7-11-29(31(25)27)43(3)4)35(22(2)26-18-20-41-28-10-8-12-30(32(26)28)44(5)6)33(46)45(34(47)42-35)23-13-15-24(16-14-23)50(48,49)36(37,38)39/h7-22H,1-6H3,(H,42,47). The Morgan fingerprint density at radius 3 is 1.62 bits per heavy atom. The Balaban J connectivity index is 1.59. The van der Waals surface area contributed by atoms with Crippen molar-refractivity contribution in [1.82, 2.24) is 15.3 Å². The van der Waals surface area contributed by atoms with Gasteiger partial charge in [-0.3, -0.25) is 14.8 Å². The molecule has 1 saturated heterocycles. The topological polar surface area (TPSA) is 116 Å². The summed E-state index contributed by atoms with van der Waals surface area (Å²) in [5.74, 6) is -2.07. The number of pyridine rings is 2. The summed E-state index contributed by atoms with van der Waals surface area (Å²) < 4.78 is 64.0. The lowest BCUT2D eigenvalue weighted by atomic mass is 9.68. The molecule has 1 N–H and O–H groups in total. The lowest BCUT2D eigenvalue weighted by Gasteiger charge is -2.40. The van der Waals surface area contributed by atoms with Crippen molar-refractivity contribution >= 4 is 60.6 Å². The molecule has 260 valence electrons. The third-order valence-corrected chi connectivity index (χ3v) is 11.1. The van der Waals surface area contributed by atoms with E-state index >= 15 is 4.79 Å². The number of halogens is 3. The number of nitrogens with one attached hydrogen (secondary N) is 1. The number of carbonyl (C=O) groups excluding carboxylic acids is 2. The third-order valence-electron chi connectivity index (χ3n) is 9.60. The number of nitrogens with zero attached hydrogens (tertiary/aromatic N) is 5. The lowest BCUT2D eigenvalue weighted by molar-refractivity contribution is -0.123. The van der Waals surface area contributed by atoms with Crippen LogP contribution in [0.2, 0.25) is 0 Å². The number of sulfone groups is 1. The highest BCUT2D eigenvalue weighted by Crippen LogP contribution is 2.49. The molecule has 1 fully saturated rings. The highest BCUT2D eigenvalue weighted by atomic mass is 32.2. The van der Waals surface area contributed by atoms with Crippen molar-refractivity contribution in [3.05, 3.63) is 96.3 Å². The van der Waals surface area contributed by atoms with Gasteiger partial charge >= 0.3 is 11.5 Å². The summed E-state index contributed by atoms with van der Waals surface area (Å²) in [6, 6.07) is 17.8. The van der Waals surface area contributed by atoms with Crippen molar-refractivity contribution in [2.45, 2.75) is 41.6 Å². The van der Waals surface area contributed by atoms with E-state index in [-0.39, 0.29) is 5.69 Å². The molecule has 50 heavy (non-hydrogen) atoms. The van der Waals surface area contributed by atoms with E-state index in [9.17, 15) is 26.4 Å². The smallest absolute Gasteiger partial charge is 0.377 e. The molecule has 5 aromatic rings. The molecule has 2 aromatic heterocycles. The second-order valence-corrected chi connectivity index (χ2v) is 14.7. The van der Waals surface area contributed by atoms with Gasteiger partial charge in [-0.2, -0.15) is 13.2 Å². The predicted molar refractivity (Wildman–Crippen MR) is 187 cm³/mol. The van der Waals surface area contributed by atoms with Crippen LogP contribution >= 0.6 is 0 Å². The van der Waals surface area contributed by atoms with Crippen LogP contribution in [0.4, 0.5) is 35.0 Å². The number of urea groups is 1. The van der Waals surface area contributed by atoms with Crippen molar-refractivity contribution in [2.75, 3.05) is 42.9 Å². The molecule has 10 nitrogen and oxygen atoms in total. The van der Waals surface area contributed by atoms with Crippen molar-refractivity contribution in [2.24, 2.45) is 0 Å². The van der Waals surface area contributed by atoms with Crippen LogP contribution < -0.4 is 20.0 Å². The van der Waals surface area contributed by atoms with E-state index in [2.05, 4.69) is 15.3 Å². The van der Waals surface area contributed by atoms with Gasteiger partial charge in [0, 0.05) is 74.6 Å². The summed E-state index contributed by atoms with van der Waals surface area (Å²) >= 11 is 0. The molecule has 6 rings (SSSR count). The zero-order valence-electron chi connectivity index (χ0n) is 28.1. The second kappa shape index (κ2) is 12.3. The molecule has 1 aliphatic rings. The van der Waals surface area contributed by atoms with Crippen LogP contribution in [0.1, 0.15) is 36.8 Å². The lowest BCUT2D eigenvalue weighted by Crippen LogP contribution is -2.55. The minimum Gasteiger partial charge on any atom is -0.377 e. The molecule has 0 saturated carbocycles. The predicted octanol–water partition coefficient (Wildman–Crippen LogP) is 6.61. The van der Waals surface area contributed by atoms with Crippen LogP contribution in [-0.2, 0) is 14.6 Å². The minimum atomic E-state index is -5.65. The second-order valence-electron chi connectivity index (χ2n) is 12.8. The number of anilines is 3. The van der Waals surface area contributed by atoms with Crippen LogP contribution in [0.3, 0.4) is 0 Å². The van der Waals surface area contributed by atoms with E-state index in [0.717, 1.165) is 62.4 Å². The molecule has 14 heteroatoms. The Bertz CT molecular complexity index is 2150. The Kier molecular flexibility index (Phi) is 8.49. The monoisotopic (exact) mass is 704 g/mol. The summed E-state index contributed by atoms with van der Waals surface area (Å²) in [6.07, 6.45) is 3.30. The summed E-state index contributed by atoms with van der Waals surface area (Å²) in [5.41, 5.74) is -2.73. The molecular formula is C36H35F3N6O4S. The number of rotatable bonds is 8. The maximum Gasteiger partial charge on any atom is 0.501 e. The van der Waals surface area contributed by atoms with Gasteiger partial charge in [0.15, 0.2) is 0 Å². The van der Waals surface area contributed by atoms with Crippen molar-refractivity contribution < 1.29 is 31.2 Å². The quantitative estimate of drug-likeness (QED) is 0.180. The maximum atomic E-state index is 15.1. The van der Waals surface area contributed by atoms with Crippen molar-refractivity contribution in [1.29, 1.82) is 0 Å². The minimum absolute atomic E-state index is 0.0861. The molecule has 3 amide bonds. The Morgan fingerprint density at radius 1 is 0.740 bits per heavy atom. The molecule has 2 unspecified atom stereocenters. The van der Waals surface area contributed by atoms with Gasteiger partial charge < -0.3 is 15.1 Å². The molecule has 3 heterocycles. The maximum absolute atomic E-state index is 15.1. The van der Waals surface area contributed by atoms with Gasteiger partial charge in [0.2, 0.25) is 0 Å². The molecule has 2 atom stereocenters. The number of aromatic nitrogens is 2. The van der Waals surface area contributed by atoms with E-state index in [0.29, 0.717) is 11.0 Å². The summed E-state index contributed by atoms with van der Waals surface area (Å²) in [4.78, 5) is 42.1. The number of benzene rings is 3. The van der Waals surface area contributed by atoms with Crippen LogP contribution in [0, 0.1) is 0 Å².